The smallest absolute Gasteiger partial charge is 0.372 e. The summed E-state index contributed by atoms with van der Waals surface area (Å²) in [6.07, 6.45) is -1.31. The van der Waals surface area contributed by atoms with E-state index in [4.69, 9.17) is 10.2 Å². The maximum Gasteiger partial charge on any atom is 0.372 e. The lowest BCUT2D eigenvalue weighted by atomic mass is 10.0. The van der Waals surface area contributed by atoms with Crippen LogP contribution in [0.2, 0.25) is 0 Å². The number of rotatable bonds is 5. The van der Waals surface area contributed by atoms with E-state index in [1.54, 1.807) is 0 Å². The molecule has 16 heavy (non-hydrogen) atoms. The Morgan fingerprint density at radius 1 is 1.06 bits per heavy atom. The molecule has 0 rings (SSSR count). The number of esters is 2. The molecule has 8 nitrogen and oxygen atoms in total. The second-order valence-corrected chi connectivity index (χ2v) is 3.06. The fraction of sp³-hybridized carbons (Fsp3) is 0.750. The summed E-state index contributed by atoms with van der Waals surface area (Å²) in [6.45, 7) is 0. The Labute approximate surface area is 91.0 Å². The van der Waals surface area contributed by atoms with Crippen LogP contribution in [0, 0.1) is 0 Å². The van der Waals surface area contributed by atoms with Crippen molar-refractivity contribution in [1.82, 2.24) is 0 Å². The molecule has 0 aromatic heterocycles. The second kappa shape index (κ2) is 5.21. The fourth-order valence-corrected chi connectivity index (χ4v) is 0.859. The van der Waals surface area contributed by atoms with Gasteiger partial charge in [0.2, 0.25) is 5.79 Å². The first kappa shape index (κ1) is 14.8. The summed E-state index contributed by atoms with van der Waals surface area (Å²) >= 11 is 0. The van der Waals surface area contributed by atoms with E-state index in [0.717, 1.165) is 14.2 Å². The molecule has 0 aromatic rings. The van der Waals surface area contributed by atoms with Crippen molar-refractivity contribution in [3.05, 3.63) is 0 Å². The van der Waals surface area contributed by atoms with E-state index in [-0.39, 0.29) is 0 Å². The zero-order valence-electron chi connectivity index (χ0n) is 8.84. The second-order valence-electron chi connectivity index (χ2n) is 3.06. The van der Waals surface area contributed by atoms with E-state index in [2.05, 4.69) is 9.47 Å². The molecule has 0 saturated carbocycles. The van der Waals surface area contributed by atoms with Crippen molar-refractivity contribution in [2.24, 2.45) is 0 Å². The van der Waals surface area contributed by atoms with Gasteiger partial charge in [-0.2, -0.15) is 0 Å². The minimum absolute atomic E-state index is 0.511. The molecule has 0 unspecified atom stereocenters. The van der Waals surface area contributed by atoms with Crippen LogP contribution in [0.15, 0.2) is 0 Å². The number of hydrogen-bond donors (Lipinski definition) is 4. The summed E-state index contributed by atoms with van der Waals surface area (Å²) in [5, 5.41) is 36.7. The summed E-state index contributed by atoms with van der Waals surface area (Å²) in [5.41, 5.74) is 0. The summed E-state index contributed by atoms with van der Waals surface area (Å²) in [4.78, 5) is 21.5. The van der Waals surface area contributed by atoms with Crippen LogP contribution in [0.5, 0.6) is 0 Å². The van der Waals surface area contributed by atoms with E-state index >= 15 is 0 Å². The molecule has 0 saturated heterocycles. The number of hydrogen-bond acceptors (Lipinski definition) is 8. The molecule has 0 atom stereocenters. The molecule has 0 aliphatic heterocycles. The van der Waals surface area contributed by atoms with Gasteiger partial charge in [-0.25, -0.2) is 4.79 Å². The highest BCUT2D eigenvalue weighted by molar-refractivity contribution is 5.78. The molecule has 8 heteroatoms. The number of ether oxygens (including phenoxy) is 2. The zero-order valence-corrected chi connectivity index (χ0v) is 8.84. The van der Waals surface area contributed by atoms with Crippen LogP contribution in [-0.4, -0.2) is 58.2 Å². The maximum atomic E-state index is 10.8. The number of carbonyl (C=O) groups is 2. The lowest BCUT2D eigenvalue weighted by Gasteiger charge is -2.31. The molecule has 0 aliphatic carbocycles. The highest BCUT2D eigenvalue weighted by Gasteiger charge is 2.54. The molecule has 0 fully saturated rings. The quantitative estimate of drug-likeness (QED) is 0.304. The van der Waals surface area contributed by atoms with Gasteiger partial charge in [0.15, 0.2) is 0 Å². The molecule has 0 radical (unpaired) electrons. The van der Waals surface area contributed by atoms with Gasteiger partial charge >= 0.3 is 17.7 Å². The third kappa shape index (κ3) is 3.14. The van der Waals surface area contributed by atoms with E-state index in [9.17, 15) is 19.8 Å². The first-order valence-corrected chi connectivity index (χ1v) is 4.23. The predicted octanol–water partition coefficient (Wildman–Crippen LogP) is -2.53. The van der Waals surface area contributed by atoms with Crippen LogP contribution < -0.4 is 0 Å². The van der Waals surface area contributed by atoms with Crippen LogP contribution in [-0.2, 0) is 19.1 Å². The highest BCUT2D eigenvalue weighted by Crippen LogP contribution is 2.23. The number of aliphatic hydroxyl groups is 4. The average Bonchev–Trinajstić information content (AvgIpc) is 2.24. The molecule has 0 amide bonds. The van der Waals surface area contributed by atoms with Gasteiger partial charge in [-0.15, -0.1) is 0 Å². The van der Waals surface area contributed by atoms with Crippen LogP contribution in [0.1, 0.15) is 12.8 Å². The van der Waals surface area contributed by atoms with Crippen LogP contribution in [0.4, 0.5) is 0 Å². The van der Waals surface area contributed by atoms with Crippen LogP contribution in [0.3, 0.4) is 0 Å². The Bertz CT molecular complexity index is 269. The molecular weight excluding hydrogens is 224 g/mol. The van der Waals surface area contributed by atoms with Gasteiger partial charge in [-0.05, 0) is 0 Å². The number of methoxy groups -OCH3 is 2. The SMILES string of the molecule is COC(=O)CCC(O)(O)C(O)(O)C(=O)OC. The van der Waals surface area contributed by atoms with E-state index in [0.29, 0.717) is 0 Å². The average molecular weight is 238 g/mol. The van der Waals surface area contributed by atoms with Gasteiger partial charge in [0.1, 0.15) is 0 Å². The van der Waals surface area contributed by atoms with Crippen molar-refractivity contribution >= 4 is 11.9 Å². The Morgan fingerprint density at radius 3 is 1.94 bits per heavy atom. The first-order valence-electron chi connectivity index (χ1n) is 4.23. The van der Waals surface area contributed by atoms with E-state index in [1.165, 1.54) is 0 Å². The topological polar surface area (TPSA) is 134 Å². The Balaban J connectivity index is 4.64. The Kier molecular flexibility index (Phi) is 4.81. The van der Waals surface area contributed by atoms with E-state index in [1.807, 2.05) is 0 Å². The lowest BCUT2D eigenvalue weighted by molar-refractivity contribution is -0.346. The van der Waals surface area contributed by atoms with Crippen LogP contribution in [0.25, 0.3) is 0 Å². The van der Waals surface area contributed by atoms with Gasteiger partial charge in [-0.3, -0.25) is 4.79 Å². The monoisotopic (exact) mass is 238 g/mol. The van der Waals surface area contributed by atoms with Crippen LogP contribution >= 0.6 is 0 Å². The van der Waals surface area contributed by atoms with E-state index < -0.39 is 36.4 Å². The molecule has 0 aliphatic rings. The van der Waals surface area contributed by atoms with Crippen molar-refractivity contribution in [2.75, 3.05) is 14.2 Å². The van der Waals surface area contributed by atoms with Gasteiger partial charge in [0, 0.05) is 6.42 Å². The molecular formula is C8H14O8. The fourth-order valence-electron chi connectivity index (χ4n) is 0.859. The van der Waals surface area contributed by atoms with Crippen molar-refractivity contribution in [3.63, 3.8) is 0 Å². The Morgan fingerprint density at radius 2 is 1.56 bits per heavy atom. The normalized spacial score (nSPS) is 12.1. The summed E-state index contributed by atoms with van der Waals surface area (Å²) < 4.78 is 8.16. The summed E-state index contributed by atoms with van der Waals surface area (Å²) in [6, 6.07) is 0. The summed E-state index contributed by atoms with van der Waals surface area (Å²) in [5.74, 6) is -9.18. The maximum absolute atomic E-state index is 10.8. The van der Waals surface area contributed by atoms with Crippen molar-refractivity contribution < 1.29 is 39.5 Å². The largest absolute Gasteiger partial charge is 0.469 e. The molecule has 0 heterocycles. The van der Waals surface area contributed by atoms with Crippen molar-refractivity contribution in [2.45, 2.75) is 24.4 Å². The van der Waals surface area contributed by atoms with Crippen molar-refractivity contribution in [3.8, 4) is 0 Å². The Hall–Kier alpha value is -1.22. The van der Waals surface area contributed by atoms with Gasteiger partial charge in [0.05, 0.1) is 20.6 Å². The highest BCUT2D eigenvalue weighted by atomic mass is 16.6. The van der Waals surface area contributed by atoms with Gasteiger partial charge < -0.3 is 29.9 Å². The molecule has 0 aromatic carbocycles. The minimum atomic E-state index is -3.52. The third-order valence-corrected chi connectivity index (χ3v) is 1.93. The molecule has 4 N–H and O–H groups in total. The van der Waals surface area contributed by atoms with Gasteiger partial charge in [0.25, 0.3) is 0 Å². The van der Waals surface area contributed by atoms with Crippen molar-refractivity contribution in [1.29, 1.82) is 0 Å². The molecule has 0 spiro atoms. The molecule has 94 valence electrons. The molecule has 0 bridgehead atoms. The lowest BCUT2D eigenvalue weighted by Crippen LogP contribution is -2.60. The summed E-state index contributed by atoms with van der Waals surface area (Å²) in [7, 11) is 1.91. The predicted molar refractivity (Wildman–Crippen MR) is 47.6 cm³/mol. The standard InChI is InChI=1S/C8H14O8/c1-15-5(9)3-4-7(11,12)8(13,14)6(10)16-2/h11-14H,3-4H2,1-2H3. The first-order chi connectivity index (χ1) is 7.19. The van der Waals surface area contributed by atoms with Gasteiger partial charge in [-0.1, -0.05) is 0 Å². The zero-order chi connectivity index (χ0) is 13.0. The minimum Gasteiger partial charge on any atom is -0.469 e. The third-order valence-electron chi connectivity index (χ3n) is 1.93. The number of carbonyl (C=O) groups excluding carboxylic acids is 2.